The molecule has 2 amide bonds. The smallest absolute Gasteiger partial charge is 0.318 e. The second-order valence-electron chi connectivity index (χ2n) is 10.1. The minimum absolute atomic E-state index is 0.0997. The molecule has 2 saturated heterocycles. The van der Waals surface area contributed by atoms with E-state index in [9.17, 15) is 4.79 Å². The number of urea groups is 1. The topological polar surface area (TPSA) is 60.8 Å². The van der Waals surface area contributed by atoms with Crippen molar-refractivity contribution >= 4 is 28.6 Å². The quantitative estimate of drug-likeness (QED) is 0.513. The summed E-state index contributed by atoms with van der Waals surface area (Å²) >= 11 is 6.62. The number of nitrogens with zero attached hydrogens (tertiary/aromatic N) is 2. The van der Waals surface area contributed by atoms with E-state index in [0.29, 0.717) is 12.6 Å². The molecular formula is C28H33ClN4O2. The number of rotatable bonds is 6. The van der Waals surface area contributed by atoms with Crippen molar-refractivity contribution in [2.45, 2.75) is 50.2 Å². The fourth-order valence-electron chi connectivity index (χ4n) is 6.30. The van der Waals surface area contributed by atoms with Gasteiger partial charge in [-0.1, -0.05) is 54.8 Å². The van der Waals surface area contributed by atoms with Crippen molar-refractivity contribution in [3.63, 3.8) is 0 Å². The average Bonchev–Trinajstić information content (AvgIpc) is 3.63. The lowest BCUT2D eigenvalue weighted by molar-refractivity contribution is 0.0868. The zero-order chi connectivity index (χ0) is 23.8. The van der Waals surface area contributed by atoms with E-state index in [1.54, 1.807) is 0 Å². The molecule has 1 aromatic heterocycles. The van der Waals surface area contributed by atoms with Crippen LogP contribution in [0.4, 0.5) is 4.79 Å². The van der Waals surface area contributed by atoms with Crippen molar-refractivity contribution in [2.75, 3.05) is 32.7 Å². The Hall–Kier alpha value is -2.54. The monoisotopic (exact) mass is 492 g/mol. The highest BCUT2D eigenvalue weighted by Gasteiger charge is 2.43. The molecule has 3 heterocycles. The number of benzene rings is 2. The van der Waals surface area contributed by atoms with Crippen LogP contribution in [0, 0.1) is 0 Å². The molecule has 2 aromatic carbocycles. The lowest BCUT2D eigenvalue weighted by atomic mass is 9.94. The van der Waals surface area contributed by atoms with Crippen LogP contribution in [0.25, 0.3) is 22.3 Å². The first-order valence-electron chi connectivity index (χ1n) is 13.0. The predicted molar refractivity (Wildman–Crippen MR) is 140 cm³/mol. The van der Waals surface area contributed by atoms with Crippen LogP contribution in [0.3, 0.4) is 0 Å². The molecule has 1 aliphatic carbocycles. The van der Waals surface area contributed by atoms with E-state index >= 15 is 0 Å². The Morgan fingerprint density at radius 1 is 1.06 bits per heavy atom. The Morgan fingerprint density at radius 2 is 1.83 bits per heavy atom. The summed E-state index contributed by atoms with van der Waals surface area (Å²) in [7, 11) is 0. The molecule has 0 spiro atoms. The van der Waals surface area contributed by atoms with Gasteiger partial charge in [-0.05, 0) is 43.0 Å². The van der Waals surface area contributed by atoms with Gasteiger partial charge in [-0.25, -0.2) is 4.79 Å². The molecule has 3 aliphatic rings. The predicted octanol–water partition coefficient (Wildman–Crippen LogP) is 4.91. The Balaban J connectivity index is 1.37. The summed E-state index contributed by atoms with van der Waals surface area (Å²) in [6.45, 7) is 4.59. The van der Waals surface area contributed by atoms with Crippen molar-refractivity contribution in [3.8, 4) is 11.3 Å². The van der Waals surface area contributed by atoms with Gasteiger partial charge < -0.3 is 20.0 Å². The maximum absolute atomic E-state index is 13.0. The first-order chi connectivity index (χ1) is 17.2. The summed E-state index contributed by atoms with van der Waals surface area (Å²) in [6, 6.07) is 17.1. The lowest BCUT2D eigenvalue weighted by Crippen LogP contribution is -2.58. The van der Waals surface area contributed by atoms with Crippen LogP contribution in [0.5, 0.6) is 0 Å². The number of carbonyl (C=O) groups is 1. The number of halogens is 1. The summed E-state index contributed by atoms with van der Waals surface area (Å²) in [6.07, 6.45) is 5.43. The fraction of sp³-hybridized carbons (Fsp3) is 0.464. The molecule has 3 fully saturated rings. The van der Waals surface area contributed by atoms with Crippen LogP contribution < -0.4 is 10.6 Å². The minimum Gasteiger partial charge on any atom is -0.456 e. The van der Waals surface area contributed by atoms with Crippen LogP contribution in [0.15, 0.2) is 52.9 Å². The first-order valence-corrected chi connectivity index (χ1v) is 13.3. The molecule has 2 aliphatic heterocycles. The Morgan fingerprint density at radius 3 is 2.60 bits per heavy atom. The maximum atomic E-state index is 13.0. The van der Waals surface area contributed by atoms with Gasteiger partial charge in [-0.15, -0.1) is 0 Å². The van der Waals surface area contributed by atoms with E-state index in [0.717, 1.165) is 78.3 Å². The maximum Gasteiger partial charge on any atom is 0.318 e. The van der Waals surface area contributed by atoms with Gasteiger partial charge in [0.15, 0.2) is 0 Å². The summed E-state index contributed by atoms with van der Waals surface area (Å²) in [4.78, 5) is 17.7. The number of carbonyl (C=O) groups excluding carboxylic acids is 1. The SMILES string of the molecule is O=C1NCC(C(Cc2cc(Cl)cc3cc(-c4ccccc4)oc23)N2CCNCC2)N1C1CCCC1. The standard InChI is InChI=1S/C28H33ClN4O2/c29-22-14-20(27-21(15-22)17-26(35-27)19-6-2-1-3-7-19)16-24(32-12-10-30-11-13-32)25-18-31-28(34)33(25)23-8-4-5-9-23/h1-3,6-7,14-15,17,23-25,30H,4-5,8-13,16,18H2,(H,31,34). The Kier molecular flexibility index (Phi) is 6.44. The molecule has 0 bridgehead atoms. The molecule has 6 nitrogen and oxygen atoms in total. The molecule has 6 rings (SSSR count). The summed E-state index contributed by atoms with van der Waals surface area (Å²) in [5.41, 5.74) is 3.07. The van der Waals surface area contributed by atoms with Crippen LogP contribution in [0.2, 0.25) is 5.02 Å². The second-order valence-corrected chi connectivity index (χ2v) is 10.6. The van der Waals surface area contributed by atoms with Crippen LogP contribution in [-0.2, 0) is 6.42 Å². The van der Waals surface area contributed by atoms with Crippen LogP contribution in [-0.4, -0.2) is 66.7 Å². The molecule has 2 unspecified atom stereocenters. The number of hydrogen-bond donors (Lipinski definition) is 2. The number of amides is 2. The summed E-state index contributed by atoms with van der Waals surface area (Å²) in [5, 5.41) is 8.40. The van der Waals surface area contributed by atoms with Gasteiger partial charge in [0, 0.05) is 60.8 Å². The van der Waals surface area contributed by atoms with Crippen molar-refractivity contribution in [1.82, 2.24) is 20.4 Å². The molecular weight excluding hydrogens is 460 g/mol. The first kappa shape index (κ1) is 22.9. The van der Waals surface area contributed by atoms with Crippen molar-refractivity contribution in [1.29, 1.82) is 0 Å². The van der Waals surface area contributed by atoms with E-state index in [1.165, 1.54) is 12.8 Å². The highest BCUT2D eigenvalue weighted by Crippen LogP contribution is 2.35. The van der Waals surface area contributed by atoms with Crippen LogP contribution in [0.1, 0.15) is 31.2 Å². The molecule has 3 aromatic rings. The number of fused-ring (bicyclic) bond motifs is 1. The second kappa shape index (κ2) is 9.84. The zero-order valence-corrected chi connectivity index (χ0v) is 20.8. The van der Waals surface area contributed by atoms with Gasteiger partial charge in [0.1, 0.15) is 11.3 Å². The largest absolute Gasteiger partial charge is 0.456 e. The average molecular weight is 493 g/mol. The Labute approximate surface area is 211 Å². The molecule has 35 heavy (non-hydrogen) atoms. The number of furan rings is 1. The summed E-state index contributed by atoms with van der Waals surface area (Å²) in [5.74, 6) is 0.855. The number of hydrogen-bond acceptors (Lipinski definition) is 4. The molecule has 184 valence electrons. The third-order valence-electron chi connectivity index (χ3n) is 7.98. The van der Waals surface area contributed by atoms with E-state index in [1.807, 2.05) is 24.3 Å². The highest BCUT2D eigenvalue weighted by atomic mass is 35.5. The Bertz CT molecular complexity index is 1180. The van der Waals surface area contributed by atoms with Gasteiger partial charge in [-0.3, -0.25) is 4.90 Å². The van der Waals surface area contributed by atoms with Gasteiger partial charge in [0.25, 0.3) is 0 Å². The minimum atomic E-state index is 0.0997. The number of nitrogens with one attached hydrogen (secondary N) is 2. The third-order valence-corrected chi connectivity index (χ3v) is 8.20. The zero-order valence-electron chi connectivity index (χ0n) is 20.0. The van der Waals surface area contributed by atoms with Crippen molar-refractivity contribution in [2.24, 2.45) is 0 Å². The van der Waals surface area contributed by atoms with E-state index < -0.39 is 0 Å². The lowest BCUT2D eigenvalue weighted by Gasteiger charge is -2.42. The molecule has 2 atom stereocenters. The van der Waals surface area contributed by atoms with E-state index in [-0.39, 0.29) is 18.1 Å². The van der Waals surface area contributed by atoms with E-state index in [2.05, 4.69) is 44.7 Å². The molecule has 2 N–H and O–H groups in total. The van der Waals surface area contributed by atoms with Crippen molar-refractivity contribution < 1.29 is 9.21 Å². The molecule has 7 heteroatoms. The third kappa shape index (κ3) is 4.55. The van der Waals surface area contributed by atoms with Crippen LogP contribution >= 0.6 is 11.6 Å². The van der Waals surface area contributed by atoms with E-state index in [4.69, 9.17) is 16.0 Å². The van der Waals surface area contributed by atoms with Gasteiger partial charge >= 0.3 is 6.03 Å². The van der Waals surface area contributed by atoms with Gasteiger partial charge in [0.2, 0.25) is 0 Å². The summed E-state index contributed by atoms with van der Waals surface area (Å²) < 4.78 is 6.45. The van der Waals surface area contributed by atoms with Crippen molar-refractivity contribution in [3.05, 3.63) is 59.1 Å². The molecule has 0 radical (unpaired) electrons. The molecule has 1 saturated carbocycles. The highest BCUT2D eigenvalue weighted by molar-refractivity contribution is 6.31. The number of piperazine rings is 1. The normalized spacial score (nSPS) is 22.7. The van der Waals surface area contributed by atoms with Gasteiger partial charge in [-0.2, -0.15) is 0 Å². The fourth-order valence-corrected chi connectivity index (χ4v) is 6.55. The van der Waals surface area contributed by atoms with Gasteiger partial charge in [0.05, 0.1) is 6.04 Å².